The van der Waals surface area contributed by atoms with Crippen molar-refractivity contribution >= 4 is 23.1 Å². The lowest BCUT2D eigenvalue weighted by molar-refractivity contribution is 0.0976. The molecule has 0 saturated heterocycles. The van der Waals surface area contributed by atoms with E-state index in [1.54, 1.807) is 31.4 Å². The van der Waals surface area contributed by atoms with Crippen LogP contribution >= 0.6 is 11.6 Å². The molecular formula is C23H22ClNO2. The fourth-order valence-corrected chi connectivity index (χ4v) is 3.00. The SMILES string of the molecule is COc1ccc(C(=O)C[C@@H](Nc2ccc(C)cc2)c2ccc(Cl)cc2)cc1. The van der Waals surface area contributed by atoms with Crippen LogP contribution in [0.3, 0.4) is 0 Å². The Labute approximate surface area is 164 Å². The highest BCUT2D eigenvalue weighted by molar-refractivity contribution is 6.30. The van der Waals surface area contributed by atoms with Crippen molar-refractivity contribution in [2.75, 3.05) is 12.4 Å². The Balaban J connectivity index is 1.82. The molecule has 0 aliphatic heterocycles. The Hall–Kier alpha value is -2.78. The van der Waals surface area contributed by atoms with E-state index in [4.69, 9.17) is 16.3 Å². The minimum absolute atomic E-state index is 0.0669. The Morgan fingerprint density at radius 3 is 2.19 bits per heavy atom. The summed E-state index contributed by atoms with van der Waals surface area (Å²) in [5.74, 6) is 0.802. The highest BCUT2D eigenvalue weighted by Gasteiger charge is 2.17. The van der Waals surface area contributed by atoms with Gasteiger partial charge in [-0.1, -0.05) is 41.4 Å². The van der Waals surface area contributed by atoms with Gasteiger partial charge in [-0.2, -0.15) is 0 Å². The first-order valence-corrected chi connectivity index (χ1v) is 9.19. The van der Waals surface area contributed by atoms with E-state index < -0.39 is 0 Å². The molecule has 0 bridgehead atoms. The van der Waals surface area contributed by atoms with Crippen LogP contribution in [0, 0.1) is 6.92 Å². The summed E-state index contributed by atoms with van der Waals surface area (Å²) in [5.41, 5.74) is 3.85. The van der Waals surface area contributed by atoms with Crippen LogP contribution in [0.25, 0.3) is 0 Å². The number of halogens is 1. The van der Waals surface area contributed by atoms with Crippen LogP contribution in [0.15, 0.2) is 72.8 Å². The van der Waals surface area contributed by atoms with Crippen molar-refractivity contribution in [3.63, 3.8) is 0 Å². The fraction of sp³-hybridized carbons (Fsp3) is 0.174. The van der Waals surface area contributed by atoms with Gasteiger partial charge in [0, 0.05) is 22.7 Å². The van der Waals surface area contributed by atoms with Crippen LogP contribution in [0.5, 0.6) is 5.75 Å². The van der Waals surface area contributed by atoms with Gasteiger partial charge in [-0.3, -0.25) is 4.79 Å². The number of aryl methyl sites for hydroxylation is 1. The van der Waals surface area contributed by atoms with Gasteiger partial charge < -0.3 is 10.1 Å². The lowest BCUT2D eigenvalue weighted by atomic mass is 9.97. The maximum Gasteiger partial charge on any atom is 0.165 e. The predicted molar refractivity (Wildman–Crippen MR) is 111 cm³/mol. The molecule has 0 aliphatic rings. The minimum atomic E-state index is -0.153. The van der Waals surface area contributed by atoms with E-state index >= 15 is 0 Å². The van der Waals surface area contributed by atoms with Gasteiger partial charge in [-0.15, -0.1) is 0 Å². The van der Waals surface area contributed by atoms with Crippen molar-refractivity contribution in [2.24, 2.45) is 0 Å². The quantitative estimate of drug-likeness (QED) is 0.505. The molecule has 3 rings (SSSR count). The van der Waals surface area contributed by atoms with Crippen LogP contribution in [0.4, 0.5) is 5.69 Å². The molecule has 4 heteroatoms. The van der Waals surface area contributed by atoms with Gasteiger partial charge in [-0.05, 0) is 61.0 Å². The van der Waals surface area contributed by atoms with E-state index in [9.17, 15) is 4.79 Å². The molecule has 138 valence electrons. The molecule has 1 N–H and O–H groups in total. The number of carbonyl (C=O) groups is 1. The van der Waals surface area contributed by atoms with Gasteiger partial charge in [0.25, 0.3) is 0 Å². The molecule has 0 fully saturated rings. The zero-order valence-electron chi connectivity index (χ0n) is 15.4. The van der Waals surface area contributed by atoms with Crippen molar-refractivity contribution in [1.82, 2.24) is 0 Å². The van der Waals surface area contributed by atoms with Crippen molar-refractivity contribution in [3.05, 3.63) is 94.5 Å². The molecule has 0 heterocycles. The maximum atomic E-state index is 12.8. The van der Waals surface area contributed by atoms with E-state index in [0.29, 0.717) is 17.0 Å². The molecule has 0 unspecified atom stereocenters. The van der Waals surface area contributed by atoms with Crippen LogP contribution in [-0.2, 0) is 0 Å². The average Bonchev–Trinajstić information content (AvgIpc) is 2.70. The van der Waals surface area contributed by atoms with E-state index in [1.807, 2.05) is 55.5 Å². The minimum Gasteiger partial charge on any atom is -0.497 e. The van der Waals surface area contributed by atoms with Gasteiger partial charge in [0.05, 0.1) is 13.2 Å². The molecule has 3 nitrogen and oxygen atoms in total. The van der Waals surface area contributed by atoms with Crippen LogP contribution in [0.1, 0.15) is 33.9 Å². The Bertz CT molecular complexity index is 887. The summed E-state index contributed by atoms with van der Waals surface area (Å²) in [6.07, 6.45) is 0.335. The van der Waals surface area contributed by atoms with Gasteiger partial charge in [0.2, 0.25) is 0 Å². The lowest BCUT2D eigenvalue weighted by Gasteiger charge is -2.20. The second-order valence-corrected chi connectivity index (χ2v) is 6.91. The van der Waals surface area contributed by atoms with E-state index in [-0.39, 0.29) is 11.8 Å². The number of carbonyl (C=O) groups excluding carboxylic acids is 1. The number of methoxy groups -OCH3 is 1. The van der Waals surface area contributed by atoms with E-state index in [2.05, 4.69) is 5.32 Å². The molecule has 0 radical (unpaired) electrons. The number of ketones is 1. The van der Waals surface area contributed by atoms with Crippen LogP contribution in [0.2, 0.25) is 5.02 Å². The third kappa shape index (κ3) is 5.11. The molecule has 0 spiro atoms. The van der Waals surface area contributed by atoms with Crippen LogP contribution in [-0.4, -0.2) is 12.9 Å². The monoisotopic (exact) mass is 379 g/mol. The third-order valence-electron chi connectivity index (χ3n) is 4.47. The largest absolute Gasteiger partial charge is 0.497 e. The van der Waals surface area contributed by atoms with E-state index in [0.717, 1.165) is 17.0 Å². The molecule has 1 atom stereocenters. The van der Waals surface area contributed by atoms with Gasteiger partial charge in [0.1, 0.15) is 5.75 Å². The van der Waals surface area contributed by atoms with E-state index in [1.165, 1.54) is 5.56 Å². The van der Waals surface area contributed by atoms with Crippen molar-refractivity contribution in [3.8, 4) is 5.75 Å². The topological polar surface area (TPSA) is 38.3 Å². The first-order valence-electron chi connectivity index (χ1n) is 8.81. The summed E-state index contributed by atoms with van der Waals surface area (Å²) in [5, 5.41) is 4.15. The first-order chi connectivity index (χ1) is 13.0. The number of rotatable bonds is 7. The molecule has 3 aromatic rings. The van der Waals surface area contributed by atoms with Gasteiger partial charge >= 0.3 is 0 Å². The van der Waals surface area contributed by atoms with Gasteiger partial charge in [0.15, 0.2) is 5.78 Å². The Morgan fingerprint density at radius 1 is 0.963 bits per heavy atom. The molecule has 3 aromatic carbocycles. The number of benzene rings is 3. The number of nitrogens with one attached hydrogen (secondary N) is 1. The smallest absolute Gasteiger partial charge is 0.165 e. The second-order valence-electron chi connectivity index (χ2n) is 6.47. The molecule has 27 heavy (non-hydrogen) atoms. The Kier molecular flexibility index (Phi) is 6.15. The van der Waals surface area contributed by atoms with Gasteiger partial charge in [-0.25, -0.2) is 0 Å². The average molecular weight is 380 g/mol. The zero-order valence-corrected chi connectivity index (χ0v) is 16.2. The second kappa shape index (κ2) is 8.74. The third-order valence-corrected chi connectivity index (χ3v) is 4.72. The molecular weight excluding hydrogens is 358 g/mol. The number of hydrogen-bond donors (Lipinski definition) is 1. The first kappa shape index (κ1) is 19.0. The number of anilines is 1. The standard InChI is InChI=1S/C23H22ClNO2/c1-16-3-11-20(12-4-16)25-22(17-5-9-19(24)10-6-17)15-23(26)18-7-13-21(27-2)14-8-18/h3-14,22,25H,15H2,1-2H3/t22-/m1/s1. The predicted octanol–water partition coefficient (Wildman–Crippen LogP) is 6.08. The summed E-state index contributed by atoms with van der Waals surface area (Å²) in [7, 11) is 1.61. The maximum absolute atomic E-state index is 12.8. The highest BCUT2D eigenvalue weighted by atomic mass is 35.5. The van der Waals surface area contributed by atoms with Crippen molar-refractivity contribution < 1.29 is 9.53 Å². The highest BCUT2D eigenvalue weighted by Crippen LogP contribution is 2.26. The fourth-order valence-electron chi connectivity index (χ4n) is 2.88. The summed E-state index contributed by atoms with van der Waals surface area (Å²) in [6.45, 7) is 2.05. The summed E-state index contributed by atoms with van der Waals surface area (Å²) < 4.78 is 5.16. The molecule has 0 amide bonds. The van der Waals surface area contributed by atoms with Crippen LogP contribution < -0.4 is 10.1 Å². The zero-order chi connectivity index (χ0) is 19.2. The number of Topliss-reactive ketones (excluding diaryl/α,β-unsaturated/α-hetero) is 1. The summed E-state index contributed by atoms with van der Waals surface area (Å²) in [6, 6.07) is 22.8. The number of hydrogen-bond acceptors (Lipinski definition) is 3. The Morgan fingerprint density at radius 2 is 1.59 bits per heavy atom. The van der Waals surface area contributed by atoms with Crippen molar-refractivity contribution in [2.45, 2.75) is 19.4 Å². The number of ether oxygens (including phenoxy) is 1. The summed E-state index contributed by atoms with van der Waals surface area (Å²) in [4.78, 5) is 12.8. The normalized spacial score (nSPS) is 11.7. The lowest BCUT2D eigenvalue weighted by Crippen LogP contribution is -2.16. The molecule has 0 aliphatic carbocycles. The molecule has 0 saturated carbocycles. The summed E-state index contributed by atoms with van der Waals surface area (Å²) >= 11 is 6.02. The van der Waals surface area contributed by atoms with Crippen molar-refractivity contribution in [1.29, 1.82) is 0 Å². The molecule has 0 aromatic heterocycles.